The number of ether oxygens (including phenoxy) is 1. The second-order valence-electron chi connectivity index (χ2n) is 8.66. The van der Waals surface area contributed by atoms with Crippen LogP contribution in [0.1, 0.15) is 36.0 Å². The van der Waals surface area contributed by atoms with Gasteiger partial charge in [0.25, 0.3) is 0 Å². The number of hydrogen-bond acceptors (Lipinski definition) is 3. The Morgan fingerprint density at radius 2 is 1.87 bits per heavy atom. The van der Waals surface area contributed by atoms with Crippen molar-refractivity contribution < 1.29 is 23.0 Å². The molecule has 0 spiro atoms. The van der Waals surface area contributed by atoms with E-state index in [1.54, 1.807) is 13.2 Å². The first-order valence-corrected chi connectivity index (χ1v) is 10.3. The number of aliphatic hydroxyl groups is 1. The van der Waals surface area contributed by atoms with E-state index in [0.717, 1.165) is 37.1 Å². The van der Waals surface area contributed by atoms with Crippen molar-refractivity contribution in [3.8, 4) is 5.75 Å². The van der Waals surface area contributed by atoms with Gasteiger partial charge >= 0.3 is 6.18 Å². The Balaban J connectivity index is 1.84. The maximum atomic E-state index is 13.2. The fourth-order valence-electron chi connectivity index (χ4n) is 4.67. The first-order valence-electron chi connectivity index (χ1n) is 10.3. The summed E-state index contributed by atoms with van der Waals surface area (Å²) in [5, 5.41) is 11.6. The second kappa shape index (κ2) is 8.98. The molecule has 0 radical (unpaired) electrons. The van der Waals surface area contributed by atoms with E-state index in [1.165, 1.54) is 11.6 Å². The minimum atomic E-state index is -4.42. The molecule has 0 aliphatic heterocycles. The lowest BCUT2D eigenvalue weighted by atomic mass is 9.66. The number of nitrogens with zero attached hydrogens (tertiary/aromatic N) is 1. The number of hydrogen-bond donors (Lipinski definition) is 1. The molecule has 0 heterocycles. The SMILES string of the molecule is COc1cccc(CC2CCC(O)(c3cccc(C(F)(F)F)c3)C(CN(C)C)C2)c1. The molecule has 3 atom stereocenters. The molecule has 30 heavy (non-hydrogen) atoms. The summed E-state index contributed by atoms with van der Waals surface area (Å²) in [6.07, 6.45) is -1.61. The molecule has 1 fully saturated rings. The van der Waals surface area contributed by atoms with E-state index in [1.807, 2.05) is 37.2 Å². The predicted octanol–water partition coefficient (Wildman–Crippen LogP) is 5.12. The predicted molar refractivity (Wildman–Crippen MR) is 111 cm³/mol. The molecule has 0 amide bonds. The van der Waals surface area contributed by atoms with Crippen LogP contribution in [0.5, 0.6) is 5.75 Å². The average Bonchev–Trinajstić information content (AvgIpc) is 2.70. The normalized spacial score (nSPS) is 24.8. The molecule has 1 N–H and O–H groups in total. The van der Waals surface area contributed by atoms with Gasteiger partial charge in [0.15, 0.2) is 0 Å². The summed E-state index contributed by atoms with van der Waals surface area (Å²) in [5.74, 6) is 1.02. The minimum Gasteiger partial charge on any atom is -0.497 e. The Morgan fingerprint density at radius 3 is 2.53 bits per heavy atom. The maximum absolute atomic E-state index is 13.2. The molecule has 0 bridgehead atoms. The molecule has 3 nitrogen and oxygen atoms in total. The van der Waals surface area contributed by atoms with E-state index in [0.29, 0.717) is 24.4 Å². The summed E-state index contributed by atoms with van der Waals surface area (Å²) in [7, 11) is 5.50. The molecular formula is C24H30F3NO2. The molecule has 1 aliphatic rings. The summed E-state index contributed by atoms with van der Waals surface area (Å²) in [5.41, 5.74) is -0.442. The van der Waals surface area contributed by atoms with E-state index in [-0.39, 0.29) is 5.92 Å². The van der Waals surface area contributed by atoms with E-state index in [9.17, 15) is 18.3 Å². The van der Waals surface area contributed by atoms with E-state index >= 15 is 0 Å². The quantitative estimate of drug-likeness (QED) is 0.703. The molecular weight excluding hydrogens is 391 g/mol. The van der Waals surface area contributed by atoms with Crippen molar-refractivity contribution in [2.75, 3.05) is 27.7 Å². The molecule has 3 unspecified atom stereocenters. The van der Waals surface area contributed by atoms with Crippen LogP contribution in [0.15, 0.2) is 48.5 Å². The Kier molecular flexibility index (Phi) is 6.78. The highest BCUT2D eigenvalue weighted by Crippen LogP contribution is 2.46. The zero-order chi connectivity index (χ0) is 21.9. The standard InChI is InChI=1S/C24H30F3NO2/c1-28(2)16-21-13-18(12-17-6-4-9-22(14-17)30-3)10-11-23(21,29)19-7-5-8-20(15-19)24(25,26)27/h4-9,14-15,18,21,29H,10-13,16H2,1-3H3. The van der Waals surface area contributed by atoms with Gasteiger partial charge in [0.05, 0.1) is 18.3 Å². The molecule has 0 saturated heterocycles. The van der Waals surface area contributed by atoms with Crippen LogP contribution in [0.2, 0.25) is 0 Å². The third-order valence-electron chi connectivity index (χ3n) is 6.16. The lowest BCUT2D eigenvalue weighted by molar-refractivity contribution is -0.138. The molecule has 2 aromatic rings. The van der Waals surface area contributed by atoms with Crippen LogP contribution < -0.4 is 4.74 Å². The lowest BCUT2D eigenvalue weighted by Crippen LogP contribution is -2.45. The largest absolute Gasteiger partial charge is 0.497 e. The van der Waals surface area contributed by atoms with Crippen LogP contribution in [0.4, 0.5) is 13.2 Å². The van der Waals surface area contributed by atoms with Crippen molar-refractivity contribution in [1.82, 2.24) is 4.90 Å². The Morgan fingerprint density at radius 1 is 1.13 bits per heavy atom. The number of rotatable bonds is 6. The second-order valence-corrected chi connectivity index (χ2v) is 8.66. The molecule has 3 rings (SSSR count). The molecule has 2 aromatic carbocycles. The fraction of sp³-hybridized carbons (Fsp3) is 0.500. The lowest BCUT2D eigenvalue weighted by Gasteiger charge is -2.45. The van der Waals surface area contributed by atoms with Gasteiger partial charge in [0.2, 0.25) is 0 Å². The van der Waals surface area contributed by atoms with E-state index in [4.69, 9.17) is 4.74 Å². The van der Waals surface area contributed by atoms with Gasteiger partial charge in [-0.25, -0.2) is 0 Å². The minimum absolute atomic E-state index is 0.152. The van der Waals surface area contributed by atoms with Crippen molar-refractivity contribution in [1.29, 1.82) is 0 Å². The summed E-state index contributed by atoms with van der Waals surface area (Å²) in [6, 6.07) is 13.2. The average molecular weight is 422 g/mol. The van der Waals surface area contributed by atoms with Gasteiger partial charge in [-0.05, 0) is 81.1 Å². The van der Waals surface area contributed by atoms with Gasteiger partial charge in [0, 0.05) is 12.5 Å². The van der Waals surface area contributed by atoms with Crippen LogP contribution in [-0.4, -0.2) is 37.8 Å². The fourth-order valence-corrected chi connectivity index (χ4v) is 4.67. The van der Waals surface area contributed by atoms with Gasteiger partial charge in [-0.3, -0.25) is 0 Å². The van der Waals surface area contributed by atoms with Crippen molar-refractivity contribution >= 4 is 0 Å². The molecule has 164 valence electrons. The van der Waals surface area contributed by atoms with Crippen LogP contribution in [0.25, 0.3) is 0 Å². The highest BCUT2D eigenvalue weighted by Gasteiger charge is 2.44. The summed E-state index contributed by atoms with van der Waals surface area (Å²) >= 11 is 0. The summed E-state index contributed by atoms with van der Waals surface area (Å²) in [4.78, 5) is 2.00. The highest BCUT2D eigenvalue weighted by molar-refractivity contribution is 5.32. The highest BCUT2D eigenvalue weighted by atomic mass is 19.4. The molecule has 6 heteroatoms. The van der Waals surface area contributed by atoms with Crippen LogP contribution >= 0.6 is 0 Å². The number of methoxy groups -OCH3 is 1. The van der Waals surface area contributed by atoms with E-state index in [2.05, 4.69) is 6.07 Å². The number of benzene rings is 2. The van der Waals surface area contributed by atoms with Crippen LogP contribution in [0.3, 0.4) is 0 Å². The third-order valence-corrected chi connectivity index (χ3v) is 6.16. The van der Waals surface area contributed by atoms with Crippen LogP contribution in [0, 0.1) is 11.8 Å². The topological polar surface area (TPSA) is 32.7 Å². The maximum Gasteiger partial charge on any atom is 0.416 e. The smallest absolute Gasteiger partial charge is 0.416 e. The summed E-state index contributed by atoms with van der Waals surface area (Å²) < 4.78 is 45.0. The molecule has 0 aromatic heterocycles. The van der Waals surface area contributed by atoms with E-state index < -0.39 is 17.3 Å². The summed E-state index contributed by atoms with van der Waals surface area (Å²) in [6.45, 7) is 0.612. The first kappa shape index (κ1) is 22.6. The number of halogens is 3. The molecule has 1 aliphatic carbocycles. The monoisotopic (exact) mass is 421 g/mol. The van der Waals surface area contributed by atoms with Gasteiger partial charge in [0.1, 0.15) is 5.75 Å². The van der Waals surface area contributed by atoms with Crippen molar-refractivity contribution in [3.05, 3.63) is 65.2 Å². The first-order chi connectivity index (χ1) is 14.1. The molecule has 1 saturated carbocycles. The van der Waals surface area contributed by atoms with Crippen molar-refractivity contribution in [2.45, 2.75) is 37.5 Å². The van der Waals surface area contributed by atoms with Gasteiger partial charge in [-0.15, -0.1) is 0 Å². The number of alkyl halides is 3. The Hall–Kier alpha value is -2.05. The Bertz CT molecular complexity index is 852. The van der Waals surface area contributed by atoms with Crippen molar-refractivity contribution in [2.24, 2.45) is 11.8 Å². The van der Waals surface area contributed by atoms with Crippen LogP contribution in [-0.2, 0) is 18.2 Å². The van der Waals surface area contributed by atoms with Gasteiger partial charge in [-0.1, -0.05) is 24.3 Å². The zero-order valence-corrected chi connectivity index (χ0v) is 17.7. The van der Waals surface area contributed by atoms with Crippen molar-refractivity contribution in [3.63, 3.8) is 0 Å². The Labute approximate surface area is 176 Å². The third kappa shape index (κ3) is 5.16. The van der Waals surface area contributed by atoms with Gasteiger partial charge in [-0.2, -0.15) is 13.2 Å². The zero-order valence-electron chi connectivity index (χ0n) is 17.7. The van der Waals surface area contributed by atoms with Gasteiger partial charge < -0.3 is 14.7 Å².